The first-order valence-electron chi connectivity index (χ1n) is 5.60. The van der Waals surface area contributed by atoms with Crippen molar-refractivity contribution in [2.24, 2.45) is 0 Å². The topological polar surface area (TPSA) is 116 Å². The molecule has 0 bridgehead atoms. The Morgan fingerprint density at radius 1 is 1.35 bits per heavy atom. The van der Waals surface area contributed by atoms with Crippen molar-refractivity contribution in [3.63, 3.8) is 0 Å². The maximum Gasteiger partial charge on any atom is 0.224 e. The summed E-state index contributed by atoms with van der Waals surface area (Å²) in [4.78, 5) is 8.04. The lowest BCUT2D eigenvalue weighted by atomic mass is 10.2. The van der Waals surface area contributed by atoms with Crippen LogP contribution in [0.1, 0.15) is 5.56 Å². The number of hydrogen-bond donors (Lipinski definition) is 3. The first-order chi connectivity index (χ1) is 9.67. The number of nitrogen functional groups attached to an aromatic ring is 1. The third-order valence-corrected chi connectivity index (χ3v) is 2.68. The molecule has 0 atom stereocenters. The molecule has 1 aromatic carbocycles. The highest BCUT2D eigenvalue weighted by atomic mass is 19.1. The molecule has 2 aromatic heterocycles. The van der Waals surface area contributed by atoms with Crippen molar-refractivity contribution in [1.82, 2.24) is 20.2 Å². The number of anilines is 3. The fourth-order valence-corrected chi connectivity index (χ4v) is 1.79. The summed E-state index contributed by atoms with van der Waals surface area (Å²) in [5.74, 6) is -0.0306. The molecule has 0 spiro atoms. The molecule has 4 N–H and O–H groups in total. The van der Waals surface area contributed by atoms with Crippen LogP contribution < -0.4 is 11.1 Å². The molecule has 7 nitrogen and oxygen atoms in total. The number of aromatic amines is 1. The van der Waals surface area contributed by atoms with E-state index in [0.717, 1.165) is 6.07 Å². The number of nitriles is 1. The van der Waals surface area contributed by atoms with Gasteiger partial charge in [0.25, 0.3) is 0 Å². The SMILES string of the molecule is N#Cc1cc(F)ccc1Nc1nc(N)nc2[nH]ncc12. The molecule has 0 radical (unpaired) electrons. The third-order valence-electron chi connectivity index (χ3n) is 2.68. The molecule has 0 saturated carbocycles. The van der Waals surface area contributed by atoms with E-state index in [4.69, 9.17) is 11.0 Å². The summed E-state index contributed by atoms with van der Waals surface area (Å²) in [6.45, 7) is 0. The van der Waals surface area contributed by atoms with Crippen LogP contribution in [0, 0.1) is 17.1 Å². The third kappa shape index (κ3) is 1.97. The average molecular weight is 269 g/mol. The second-order valence-electron chi connectivity index (χ2n) is 3.99. The summed E-state index contributed by atoms with van der Waals surface area (Å²) in [5.41, 5.74) is 6.66. The van der Waals surface area contributed by atoms with Gasteiger partial charge in [-0.15, -0.1) is 0 Å². The van der Waals surface area contributed by atoms with Gasteiger partial charge in [0.2, 0.25) is 5.95 Å². The summed E-state index contributed by atoms with van der Waals surface area (Å²) in [7, 11) is 0. The molecule has 2 heterocycles. The van der Waals surface area contributed by atoms with E-state index in [1.165, 1.54) is 18.3 Å². The first kappa shape index (κ1) is 11.9. The monoisotopic (exact) mass is 269 g/mol. The summed E-state index contributed by atoms with van der Waals surface area (Å²) in [6.07, 6.45) is 1.53. The number of rotatable bonds is 2. The van der Waals surface area contributed by atoms with Crippen LogP contribution in [0.3, 0.4) is 0 Å². The van der Waals surface area contributed by atoms with Gasteiger partial charge in [0.05, 0.1) is 22.8 Å². The minimum absolute atomic E-state index is 0.0601. The molecule has 0 unspecified atom stereocenters. The standard InChI is InChI=1S/C12H8FN7/c13-7-1-2-9(6(3-7)4-14)17-10-8-5-16-20-11(8)19-12(15)18-10/h1-3,5H,(H4,15,16,17,18,19,20). The van der Waals surface area contributed by atoms with Crippen molar-refractivity contribution in [3.05, 3.63) is 35.8 Å². The highest BCUT2D eigenvalue weighted by Gasteiger charge is 2.10. The zero-order valence-corrected chi connectivity index (χ0v) is 10.1. The van der Waals surface area contributed by atoms with Crippen molar-refractivity contribution in [3.8, 4) is 6.07 Å². The molecule has 3 aromatic rings. The quantitative estimate of drug-likeness (QED) is 0.651. The van der Waals surface area contributed by atoms with E-state index in [1.54, 1.807) is 0 Å². The van der Waals surface area contributed by atoms with E-state index < -0.39 is 5.82 Å². The molecule has 0 saturated heterocycles. The number of fused-ring (bicyclic) bond motifs is 1. The Kier molecular flexibility index (Phi) is 2.65. The van der Waals surface area contributed by atoms with Gasteiger partial charge in [-0.1, -0.05) is 0 Å². The first-order valence-corrected chi connectivity index (χ1v) is 5.60. The zero-order valence-electron chi connectivity index (χ0n) is 10.1. The van der Waals surface area contributed by atoms with Crippen LogP contribution in [0.2, 0.25) is 0 Å². The lowest BCUT2D eigenvalue weighted by Crippen LogP contribution is -2.02. The normalized spacial score (nSPS) is 10.4. The van der Waals surface area contributed by atoms with Crippen molar-refractivity contribution in [2.45, 2.75) is 0 Å². The van der Waals surface area contributed by atoms with Gasteiger partial charge < -0.3 is 11.1 Å². The molecule has 8 heteroatoms. The molecule has 0 aliphatic rings. The van der Waals surface area contributed by atoms with Gasteiger partial charge in [-0.05, 0) is 18.2 Å². The van der Waals surface area contributed by atoms with Gasteiger partial charge in [0.1, 0.15) is 17.7 Å². The molecule has 0 aliphatic heterocycles. The van der Waals surface area contributed by atoms with Crippen LogP contribution in [0.4, 0.5) is 21.8 Å². The Morgan fingerprint density at radius 3 is 3.00 bits per heavy atom. The number of nitrogens with one attached hydrogen (secondary N) is 2. The summed E-state index contributed by atoms with van der Waals surface area (Å²) < 4.78 is 13.1. The van der Waals surface area contributed by atoms with Crippen molar-refractivity contribution < 1.29 is 4.39 Å². The molecular formula is C12H8FN7. The van der Waals surface area contributed by atoms with Crippen LogP contribution in [-0.4, -0.2) is 20.2 Å². The van der Waals surface area contributed by atoms with E-state index in [2.05, 4.69) is 25.5 Å². The number of benzene rings is 1. The fraction of sp³-hybridized carbons (Fsp3) is 0. The molecular weight excluding hydrogens is 261 g/mol. The van der Waals surface area contributed by atoms with Gasteiger partial charge in [-0.2, -0.15) is 20.3 Å². The van der Waals surface area contributed by atoms with Crippen LogP contribution in [-0.2, 0) is 0 Å². The predicted octanol–water partition coefficient (Wildman–Crippen LogP) is 1.69. The Bertz CT molecular complexity index is 833. The molecule has 20 heavy (non-hydrogen) atoms. The maximum atomic E-state index is 13.1. The summed E-state index contributed by atoms with van der Waals surface area (Å²) in [6, 6.07) is 5.76. The maximum absolute atomic E-state index is 13.1. The number of halogens is 1. The number of H-pyrrole nitrogens is 1. The average Bonchev–Trinajstić information content (AvgIpc) is 2.88. The number of nitrogens with zero attached hydrogens (tertiary/aromatic N) is 4. The van der Waals surface area contributed by atoms with Crippen LogP contribution in [0.15, 0.2) is 24.4 Å². The van der Waals surface area contributed by atoms with Crippen LogP contribution >= 0.6 is 0 Å². The summed E-state index contributed by atoms with van der Waals surface area (Å²) >= 11 is 0. The highest BCUT2D eigenvalue weighted by molar-refractivity contribution is 5.89. The van der Waals surface area contributed by atoms with Gasteiger partial charge in [0.15, 0.2) is 5.65 Å². The van der Waals surface area contributed by atoms with E-state index in [1.807, 2.05) is 6.07 Å². The van der Waals surface area contributed by atoms with Crippen molar-refractivity contribution >= 4 is 28.5 Å². The van der Waals surface area contributed by atoms with Crippen molar-refractivity contribution in [2.75, 3.05) is 11.1 Å². The Labute approximate surface area is 112 Å². The van der Waals surface area contributed by atoms with Crippen molar-refractivity contribution in [1.29, 1.82) is 5.26 Å². The molecule has 0 amide bonds. The summed E-state index contributed by atoms with van der Waals surface area (Å²) in [5, 5.41) is 19.1. The fourth-order valence-electron chi connectivity index (χ4n) is 1.79. The second kappa shape index (κ2) is 4.47. The lowest BCUT2D eigenvalue weighted by Gasteiger charge is -2.08. The second-order valence-corrected chi connectivity index (χ2v) is 3.99. The van der Waals surface area contributed by atoms with Crippen LogP contribution in [0.25, 0.3) is 11.0 Å². The predicted molar refractivity (Wildman–Crippen MR) is 70.5 cm³/mol. The molecule has 98 valence electrons. The van der Waals surface area contributed by atoms with Gasteiger partial charge in [-0.25, -0.2) is 4.39 Å². The Balaban J connectivity index is 2.10. The minimum atomic E-state index is -0.484. The molecule has 0 aliphatic carbocycles. The van der Waals surface area contributed by atoms with Gasteiger partial charge in [0, 0.05) is 0 Å². The van der Waals surface area contributed by atoms with Crippen LogP contribution in [0.5, 0.6) is 0 Å². The van der Waals surface area contributed by atoms with E-state index in [0.29, 0.717) is 22.5 Å². The molecule has 3 rings (SSSR count). The van der Waals surface area contributed by atoms with Gasteiger partial charge >= 0.3 is 0 Å². The largest absolute Gasteiger partial charge is 0.368 e. The molecule has 0 fully saturated rings. The Morgan fingerprint density at radius 2 is 2.20 bits per heavy atom. The highest BCUT2D eigenvalue weighted by Crippen LogP contribution is 2.25. The number of aromatic nitrogens is 4. The van der Waals surface area contributed by atoms with Gasteiger partial charge in [-0.3, -0.25) is 5.10 Å². The Hall–Kier alpha value is -3.21. The smallest absolute Gasteiger partial charge is 0.224 e. The van der Waals surface area contributed by atoms with E-state index in [9.17, 15) is 4.39 Å². The van der Waals surface area contributed by atoms with E-state index >= 15 is 0 Å². The minimum Gasteiger partial charge on any atom is -0.368 e. The zero-order chi connectivity index (χ0) is 14.1. The number of nitrogens with two attached hydrogens (primary N) is 1. The number of hydrogen-bond acceptors (Lipinski definition) is 6. The van der Waals surface area contributed by atoms with E-state index in [-0.39, 0.29) is 11.5 Å². The lowest BCUT2D eigenvalue weighted by molar-refractivity contribution is 0.627.